The molecule has 0 spiro atoms. The third-order valence-electron chi connectivity index (χ3n) is 2.99. The van der Waals surface area contributed by atoms with Crippen LogP contribution in [0.15, 0.2) is 24.3 Å². The summed E-state index contributed by atoms with van der Waals surface area (Å²) in [6.07, 6.45) is 5.32. The van der Waals surface area contributed by atoms with Gasteiger partial charge in [0.2, 0.25) is 0 Å². The van der Waals surface area contributed by atoms with E-state index in [0.29, 0.717) is 0 Å². The van der Waals surface area contributed by atoms with Gasteiger partial charge in [0.15, 0.2) is 0 Å². The van der Waals surface area contributed by atoms with Crippen molar-refractivity contribution in [3.05, 3.63) is 29.8 Å². The number of halogens is 1. The monoisotopic (exact) mass is 270 g/mol. The van der Waals surface area contributed by atoms with Gasteiger partial charge in [0.05, 0.1) is 0 Å². The van der Waals surface area contributed by atoms with Crippen LogP contribution in [0.1, 0.15) is 38.2 Å². The van der Waals surface area contributed by atoms with Crippen molar-refractivity contribution in [2.75, 3.05) is 25.5 Å². The third-order valence-corrected chi connectivity index (χ3v) is 2.99. The lowest BCUT2D eigenvalue weighted by Crippen LogP contribution is -2.15. The summed E-state index contributed by atoms with van der Waals surface area (Å²) < 4.78 is 0. The first-order chi connectivity index (χ1) is 8.24. The van der Waals surface area contributed by atoms with Gasteiger partial charge in [0.1, 0.15) is 0 Å². The molecule has 0 aromatic heterocycles. The van der Waals surface area contributed by atoms with Gasteiger partial charge in [-0.3, -0.25) is 0 Å². The van der Waals surface area contributed by atoms with Crippen LogP contribution < -0.4 is 10.2 Å². The van der Waals surface area contributed by atoms with Crippen LogP contribution in [0, 0.1) is 0 Å². The van der Waals surface area contributed by atoms with E-state index in [1.54, 1.807) is 0 Å². The topological polar surface area (TPSA) is 15.3 Å². The molecule has 2 nitrogen and oxygen atoms in total. The molecule has 0 unspecified atom stereocenters. The first-order valence-corrected chi connectivity index (χ1v) is 6.71. The Labute approximate surface area is 118 Å². The number of hydrogen-bond acceptors (Lipinski definition) is 2. The maximum atomic E-state index is 3.50. The molecule has 0 aliphatic rings. The number of hydrogen-bond donors (Lipinski definition) is 1. The Kier molecular flexibility index (Phi) is 9.80. The lowest BCUT2D eigenvalue weighted by Gasteiger charge is -2.12. The molecule has 0 saturated heterocycles. The maximum Gasteiger partial charge on any atom is 0.0361 e. The van der Waals surface area contributed by atoms with E-state index in [2.05, 4.69) is 55.5 Å². The van der Waals surface area contributed by atoms with Gasteiger partial charge in [-0.15, -0.1) is 12.4 Å². The molecule has 1 rings (SSSR count). The van der Waals surface area contributed by atoms with Crippen molar-refractivity contribution in [2.45, 2.75) is 39.2 Å². The van der Waals surface area contributed by atoms with E-state index in [9.17, 15) is 0 Å². The van der Waals surface area contributed by atoms with Gasteiger partial charge in [0, 0.05) is 26.3 Å². The van der Waals surface area contributed by atoms with Crippen LogP contribution in [0.25, 0.3) is 0 Å². The minimum atomic E-state index is 0. The molecule has 0 aliphatic heterocycles. The lowest BCUT2D eigenvalue weighted by molar-refractivity contribution is 0.598. The number of nitrogens with one attached hydrogen (secondary N) is 1. The summed E-state index contributed by atoms with van der Waals surface area (Å²) in [5.41, 5.74) is 2.63. The maximum absolute atomic E-state index is 3.50. The normalized spacial score (nSPS) is 9.94. The average molecular weight is 271 g/mol. The molecule has 0 heterocycles. The molecule has 1 N–H and O–H groups in total. The molecule has 1 aromatic rings. The number of nitrogens with zero attached hydrogens (tertiary/aromatic N) is 1. The molecular weight excluding hydrogens is 244 g/mol. The van der Waals surface area contributed by atoms with Crippen molar-refractivity contribution in [2.24, 2.45) is 0 Å². The van der Waals surface area contributed by atoms with Crippen molar-refractivity contribution in [3.8, 4) is 0 Å². The fourth-order valence-electron chi connectivity index (χ4n) is 1.82. The predicted octanol–water partition coefficient (Wildman–Crippen LogP) is 3.84. The number of unbranched alkanes of at least 4 members (excludes halogenated alkanes) is 3. The van der Waals surface area contributed by atoms with Gasteiger partial charge in [-0.25, -0.2) is 0 Å². The molecule has 0 saturated carbocycles. The van der Waals surface area contributed by atoms with E-state index >= 15 is 0 Å². The summed E-state index contributed by atoms with van der Waals surface area (Å²) in [5.74, 6) is 0. The summed E-state index contributed by atoms with van der Waals surface area (Å²) in [5, 5.41) is 3.50. The molecule has 0 fully saturated rings. The third kappa shape index (κ3) is 6.87. The highest BCUT2D eigenvalue weighted by Crippen LogP contribution is 2.11. The first-order valence-electron chi connectivity index (χ1n) is 6.71. The molecule has 0 radical (unpaired) electrons. The molecule has 0 atom stereocenters. The zero-order chi connectivity index (χ0) is 12.5. The fourth-order valence-corrected chi connectivity index (χ4v) is 1.82. The van der Waals surface area contributed by atoms with Gasteiger partial charge in [0.25, 0.3) is 0 Å². The predicted molar refractivity (Wildman–Crippen MR) is 83.9 cm³/mol. The fraction of sp³-hybridized carbons (Fsp3) is 0.600. The van der Waals surface area contributed by atoms with Gasteiger partial charge in [-0.2, -0.15) is 0 Å². The Morgan fingerprint density at radius 1 is 1.00 bits per heavy atom. The van der Waals surface area contributed by atoms with E-state index in [1.807, 2.05) is 0 Å². The van der Waals surface area contributed by atoms with Crippen molar-refractivity contribution in [1.29, 1.82) is 0 Å². The van der Waals surface area contributed by atoms with Gasteiger partial charge in [-0.1, -0.05) is 38.3 Å². The molecule has 0 aliphatic carbocycles. The van der Waals surface area contributed by atoms with Crippen LogP contribution in [-0.2, 0) is 6.54 Å². The van der Waals surface area contributed by atoms with Gasteiger partial charge < -0.3 is 10.2 Å². The number of benzene rings is 1. The van der Waals surface area contributed by atoms with E-state index in [0.717, 1.165) is 13.1 Å². The first kappa shape index (κ1) is 17.3. The summed E-state index contributed by atoms with van der Waals surface area (Å²) in [6.45, 7) is 4.37. The quantitative estimate of drug-likeness (QED) is 0.722. The summed E-state index contributed by atoms with van der Waals surface area (Å²) in [6, 6.07) is 8.75. The second-order valence-electron chi connectivity index (χ2n) is 4.80. The Balaban J connectivity index is 0.00000289. The van der Waals surface area contributed by atoms with Crippen molar-refractivity contribution < 1.29 is 0 Å². The lowest BCUT2D eigenvalue weighted by atomic mass is 10.2. The molecule has 104 valence electrons. The molecule has 1 aromatic carbocycles. The summed E-state index contributed by atoms with van der Waals surface area (Å²) in [4.78, 5) is 2.13. The van der Waals surface area contributed by atoms with Crippen molar-refractivity contribution in [1.82, 2.24) is 5.32 Å². The Morgan fingerprint density at radius 3 is 2.22 bits per heavy atom. The molecule has 0 bridgehead atoms. The SMILES string of the molecule is CCCCCCNCc1ccc(N(C)C)cc1.Cl. The van der Waals surface area contributed by atoms with Crippen molar-refractivity contribution >= 4 is 18.1 Å². The highest BCUT2D eigenvalue weighted by atomic mass is 35.5. The van der Waals surface area contributed by atoms with Gasteiger partial charge in [-0.05, 0) is 30.7 Å². The van der Waals surface area contributed by atoms with Crippen LogP contribution in [0.2, 0.25) is 0 Å². The smallest absolute Gasteiger partial charge is 0.0361 e. The molecular formula is C15H27ClN2. The minimum Gasteiger partial charge on any atom is -0.378 e. The van der Waals surface area contributed by atoms with Crippen LogP contribution in [-0.4, -0.2) is 20.6 Å². The number of anilines is 1. The largest absolute Gasteiger partial charge is 0.378 e. The molecule has 0 amide bonds. The van der Waals surface area contributed by atoms with E-state index in [-0.39, 0.29) is 12.4 Å². The Morgan fingerprint density at radius 2 is 1.67 bits per heavy atom. The second-order valence-corrected chi connectivity index (χ2v) is 4.80. The van der Waals surface area contributed by atoms with Crippen molar-refractivity contribution in [3.63, 3.8) is 0 Å². The standard InChI is InChI=1S/C15H26N2.ClH/c1-4-5-6-7-12-16-13-14-8-10-15(11-9-14)17(2)3;/h8-11,16H,4-7,12-13H2,1-3H3;1H. The van der Waals surface area contributed by atoms with E-state index < -0.39 is 0 Å². The minimum absolute atomic E-state index is 0. The molecule has 18 heavy (non-hydrogen) atoms. The number of rotatable bonds is 8. The zero-order valence-corrected chi connectivity index (χ0v) is 12.7. The summed E-state index contributed by atoms with van der Waals surface area (Å²) >= 11 is 0. The second kappa shape index (κ2) is 10.2. The van der Waals surface area contributed by atoms with Crippen LogP contribution in [0.3, 0.4) is 0 Å². The Bertz CT molecular complexity index is 296. The van der Waals surface area contributed by atoms with Crippen LogP contribution >= 0.6 is 12.4 Å². The summed E-state index contributed by atoms with van der Waals surface area (Å²) in [7, 11) is 4.14. The van der Waals surface area contributed by atoms with E-state index in [1.165, 1.54) is 36.9 Å². The van der Waals surface area contributed by atoms with E-state index in [4.69, 9.17) is 0 Å². The van der Waals surface area contributed by atoms with Crippen LogP contribution in [0.4, 0.5) is 5.69 Å². The highest BCUT2D eigenvalue weighted by molar-refractivity contribution is 5.85. The Hall–Kier alpha value is -0.730. The van der Waals surface area contributed by atoms with Gasteiger partial charge >= 0.3 is 0 Å². The zero-order valence-electron chi connectivity index (χ0n) is 11.9. The molecule has 3 heteroatoms. The average Bonchev–Trinajstić information content (AvgIpc) is 2.34. The highest BCUT2D eigenvalue weighted by Gasteiger charge is 1.96. The van der Waals surface area contributed by atoms with Crippen LogP contribution in [0.5, 0.6) is 0 Å².